The fourth-order valence-corrected chi connectivity index (χ4v) is 3.06. The number of hydrogen-bond acceptors (Lipinski definition) is 3. The average molecular weight is 381 g/mol. The molecule has 0 saturated carbocycles. The van der Waals surface area contributed by atoms with Gasteiger partial charge in [0.2, 0.25) is 0 Å². The van der Waals surface area contributed by atoms with E-state index < -0.39 is 0 Å². The van der Waals surface area contributed by atoms with E-state index in [4.69, 9.17) is 4.74 Å². The molecule has 0 bridgehead atoms. The third kappa shape index (κ3) is 4.50. The highest BCUT2D eigenvalue weighted by atomic mass is 16.5. The van der Waals surface area contributed by atoms with E-state index in [0.29, 0.717) is 22.6 Å². The van der Waals surface area contributed by atoms with Gasteiger partial charge < -0.3 is 10.1 Å². The maximum absolute atomic E-state index is 12.4. The number of amides is 1. The summed E-state index contributed by atoms with van der Waals surface area (Å²) in [6.45, 7) is -0.0942. The molecule has 29 heavy (non-hydrogen) atoms. The number of fused-ring (bicyclic) bond motifs is 1. The molecule has 0 aromatic heterocycles. The van der Waals surface area contributed by atoms with E-state index in [0.717, 1.165) is 10.8 Å². The lowest BCUT2D eigenvalue weighted by molar-refractivity contribution is -0.118. The second kappa shape index (κ2) is 8.40. The molecule has 4 rings (SSSR count). The molecule has 0 radical (unpaired) electrons. The second-order valence-corrected chi connectivity index (χ2v) is 6.62. The lowest BCUT2D eigenvalue weighted by Crippen LogP contribution is -2.20. The Bertz CT molecular complexity index is 1150. The van der Waals surface area contributed by atoms with Gasteiger partial charge in [-0.05, 0) is 47.2 Å². The van der Waals surface area contributed by atoms with Crippen molar-refractivity contribution in [3.05, 3.63) is 108 Å². The highest BCUT2D eigenvalue weighted by Crippen LogP contribution is 2.20. The van der Waals surface area contributed by atoms with Crippen LogP contribution in [-0.2, 0) is 4.79 Å². The van der Waals surface area contributed by atoms with Crippen molar-refractivity contribution in [1.82, 2.24) is 0 Å². The molecule has 4 heteroatoms. The molecule has 0 unspecified atom stereocenters. The summed E-state index contributed by atoms with van der Waals surface area (Å²) in [5.74, 6) is 0.325. The van der Waals surface area contributed by atoms with Gasteiger partial charge in [0.25, 0.3) is 5.91 Å². The maximum atomic E-state index is 12.4. The highest BCUT2D eigenvalue weighted by Gasteiger charge is 2.09. The van der Waals surface area contributed by atoms with E-state index in [9.17, 15) is 9.59 Å². The van der Waals surface area contributed by atoms with E-state index in [-0.39, 0.29) is 18.3 Å². The predicted octanol–water partition coefficient (Wildman–Crippen LogP) is 5.09. The standard InChI is InChI=1S/C25H19NO3/c27-24(17-29-23-15-12-18-6-4-5-9-21(18)16-23)26-22-13-10-20(11-14-22)25(28)19-7-2-1-3-8-19/h1-16H,17H2,(H,26,27). The lowest BCUT2D eigenvalue weighted by Gasteiger charge is -2.09. The number of carbonyl (C=O) groups is 2. The highest BCUT2D eigenvalue weighted by molar-refractivity contribution is 6.09. The third-order valence-electron chi connectivity index (χ3n) is 4.56. The Labute approximate surface area is 168 Å². The number of carbonyl (C=O) groups excluding carboxylic acids is 2. The van der Waals surface area contributed by atoms with Crippen LogP contribution in [0.15, 0.2) is 97.1 Å². The maximum Gasteiger partial charge on any atom is 0.262 e. The molecule has 0 aliphatic heterocycles. The van der Waals surface area contributed by atoms with Gasteiger partial charge in [-0.2, -0.15) is 0 Å². The SMILES string of the molecule is O=C(COc1ccc2ccccc2c1)Nc1ccc(C(=O)c2ccccc2)cc1. The smallest absolute Gasteiger partial charge is 0.262 e. The Morgan fingerprint density at radius 2 is 1.34 bits per heavy atom. The van der Waals surface area contributed by atoms with Gasteiger partial charge in [0.1, 0.15) is 5.75 Å². The molecule has 0 saturated heterocycles. The molecular weight excluding hydrogens is 362 g/mol. The fraction of sp³-hybridized carbons (Fsp3) is 0.0400. The zero-order chi connectivity index (χ0) is 20.1. The van der Waals surface area contributed by atoms with Crippen LogP contribution in [0.4, 0.5) is 5.69 Å². The predicted molar refractivity (Wildman–Crippen MR) is 114 cm³/mol. The van der Waals surface area contributed by atoms with E-state index in [1.54, 1.807) is 36.4 Å². The second-order valence-electron chi connectivity index (χ2n) is 6.62. The topological polar surface area (TPSA) is 55.4 Å². The molecule has 0 fully saturated rings. The first-order valence-electron chi connectivity index (χ1n) is 9.30. The largest absolute Gasteiger partial charge is 0.484 e. The minimum absolute atomic E-state index is 0.0527. The number of nitrogens with one attached hydrogen (secondary N) is 1. The molecule has 0 atom stereocenters. The molecule has 142 valence electrons. The number of anilines is 1. The van der Waals surface area contributed by atoms with Crippen LogP contribution < -0.4 is 10.1 Å². The Kier molecular flexibility index (Phi) is 5.34. The minimum atomic E-state index is -0.264. The van der Waals surface area contributed by atoms with Crippen LogP contribution in [-0.4, -0.2) is 18.3 Å². The van der Waals surface area contributed by atoms with Gasteiger partial charge in [-0.3, -0.25) is 9.59 Å². The van der Waals surface area contributed by atoms with Crippen LogP contribution in [0.5, 0.6) is 5.75 Å². The summed E-state index contributed by atoms with van der Waals surface area (Å²) < 4.78 is 5.60. The number of rotatable bonds is 6. The molecule has 4 aromatic carbocycles. The van der Waals surface area contributed by atoms with Crippen LogP contribution in [0.1, 0.15) is 15.9 Å². The summed E-state index contributed by atoms with van der Waals surface area (Å²) >= 11 is 0. The summed E-state index contributed by atoms with van der Waals surface area (Å²) in [5, 5.41) is 4.96. The molecule has 1 N–H and O–H groups in total. The Morgan fingerprint density at radius 1 is 0.690 bits per heavy atom. The Morgan fingerprint density at radius 3 is 2.10 bits per heavy atom. The average Bonchev–Trinajstić information content (AvgIpc) is 2.78. The van der Waals surface area contributed by atoms with E-state index in [1.165, 1.54) is 0 Å². The van der Waals surface area contributed by atoms with Crippen LogP contribution in [0.3, 0.4) is 0 Å². The van der Waals surface area contributed by atoms with Crippen molar-refractivity contribution in [1.29, 1.82) is 0 Å². The molecule has 4 aromatic rings. The zero-order valence-corrected chi connectivity index (χ0v) is 15.7. The number of ketones is 1. The molecular formula is C25H19NO3. The van der Waals surface area contributed by atoms with Crippen molar-refractivity contribution >= 4 is 28.2 Å². The van der Waals surface area contributed by atoms with Crippen molar-refractivity contribution in [3.63, 3.8) is 0 Å². The van der Waals surface area contributed by atoms with Crippen molar-refractivity contribution < 1.29 is 14.3 Å². The number of benzene rings is 4. The van der Waals surface area contributed by atoms with Crippen LogP contribution in [0.25, 0.3) is 10.8 Å². The molecule has 0 aliphatic rings. The van der Waals surface area contributed by atoms with Crippen molar-refractivity contribution in [3.8, 4) is 5.75 Å². The Balaban J connectivity index is 1.35. The summed E-state index contributed by atoms with van der Waals surface area (Å²) in [7, 11) is 0. The van der Waals surface area contributed by atoms with Crippen molar-refractivity contribution in [2.45, 2.75) is 0 Å². The van der Waals surface area contributed by atoms with Crippen molar-refractivity contribution in [2.24, 2.45) is 0 Å². The van der Waals surface area contributed by atoms with Gasteiger partial charge in [-0.15, -0.1) is 0 Å². The minimum Gasteiger partial charge on any atom is -0.484 e. The van der Waals surface area contributed by atoms with Gasteiger partial charge in [0.05, 0.1) is 0 Å². The van der Waals surface area contributed by atoms with E-state index in [1.807, 2.05) is 60.7 Å². The summed E-state index contributed by atoms with van der Waals surface area (Å²) in [6, 6.07) is 29.6. The van der Waals surface area contributed by atoms with Gasteiger partial charge in [0.15, 0.2) is 12.4 Å². The first-order valence-corrected chi connectivity index (χ1v) is 9.30. The summed E-state index contributed by atoms with van der Waals surface area (Å²) in [6.07, 6.45) is 0. The summed E-state index contributed by atoms with van der Waals surface area (Å²) in [5.41, 5.74) is 1.82. The molecule has 0 aliphatic carbocycles. The van der Waals surface area contributed by atoms with Gasteiger partial charge in [-0.25, -0.2) is 0 Å². The molecule has 1 amide bonds. The van der Waals surface area contributed by atoms with E-state index in [2.05, 4.69) is 5.32 Å². The van der Waals surface area contributed by atoms with Crippen LogP contribution in [0, 0.1) is 0 Å². The van der Waals surface area contributed by atoms with Crippen LogP contribution >= 0.6 is 0 Å². The first kappa shape index (κ1) is 18.4. The van der Waals surface area contributed by atoms with E-state index >= 15 is 0 Å². The normalized spacial score (nSPS) is 10.5. The fourth-order valence-electron chi connectivity index (χ4n) is 3.06. The van der Waals surface area contributed by atoms with Crippen LogP contribution in [0.2, 0.25) is 0 Å². The molecule has 0 spiro atoms. The van der Waals surface area contributed by atoms with Gasteiger partial charge in [0, 0.05) is 16.8 Å². The Hall–Kier alpha value is -3.92. The van der Waals surface area contributed by atoms with Gasteiger partial charge >= 0.3 is 0 Å². The summed E-state index contributed by atoms with van der Waals surface area (Å²) in [4.78, 5) is 24.6. The number of ether oxygens (including phenoxy) is 1. The lowest BCUT2D eigenvalue weighted by atomic mass is 10.0. The third-order valence-corrected chi connectivity index (χ3v) is 4.56. The molecule has 4 nitrogen and oxygen atoms in total. The first-order chi connectivity index (χ1) is 14.2. The number of hydrogen-bond donors (Lipinski definition) is 1. The molecule has 0 heterocycles. The van der Waals surface area contributed by atoms with Crippen molar-refractivity contribution in [2.75, 3.05) is 11.9 Å². The quantitative estimate of drug-likeness (QED) is 0.474. The van der Waals surface area contributed by atoms with Gasteiger partial charge in [-0.1, -0.05) is 60.7 Å². The zero-order valence-electron chi connectivity index (χ0n) is 15.7. The monoisotopic (exact) mass is 381 g/mol.